The van der Waals surface area contributed by atoms with Gasteiger partial charge in [0.2, 0.25) is 6.10 Å². The first-order valence-electron chi connectivity index (χ1n) is 8.06. The molecule has 1 amide bonds. The van der Waals surface area contributed by atoms with E-state index in [1.807, 2.05) is 6.07 Å². The van der Waals surface area contributed by atoms with E-state index in [1.165, 1.54) is 18.2 Å². The van der Waals surface area contributed by atoms with Crippen LogP contribution in [0.1, 0.15) is 22.0 Å². The molecule has 0 unspecified atom stereocenters. The quantitative estimate of drug-likeness (QED) is 0.863. The van der Waals surface area contributed by atoms with Crippen LogP contribution in [-0.4, -0.2) is 48.2 Å². The Kier molecular flexibility index (Phi) is 5.30. The first-order chi connectivity index (χ1) is 12.1. The van der Waals surface area contributed by atoms with Gasteiger partial charge in [-0.1, -0.05) is 36.4 Å². The van der Waals surface area contributed by atoms with Crippen LogP contribution in [-0.2, 0) is 14.3 Å². The number of morpholine rings is 1. The highest BCUT2D eigenvalue weighted by Crippen LogP contribution is 2.23. The van der Waals surface area contributed by atoms with Crippen molar-refractivity contribution in [1.29, 1.82) is 0 Å². The topological polar surface area (TPSA) is 76.1 Å². The molecular formula is C19H19NO5. The SMILES string of the molecule is O=C(O[C@@H](C(=O)N1CCOCC1)c1ccccc1)c1cccc(O)c1. The first-order valence-corrected chi connectivity index (χ1v) is 8.06. The molecule has 1 saturated heterocycles. The number of carbonyl (C=O) groups is 2. The highest BCUT2D eigenvalue weighted by atomic mass is 16.5. The lowest BCUT2D eigenvalue weighted by Gasteiger charge is -2.30. The zero-order chi connectivity index (χ0) is 17.6. The monoisotopic (exact) mass is 341 g/mol. The minimum Gasteiger partial charge on any atom is -0.508 e. The molecule has 1 aliphatic heterocycles. The van der Waals surface area contributed by atoms with E-state index in [1.54, 1.807) is 35.2 Å². The molecule has 0 radical (unpaired) electrons. The van der Waals surface area contributed by atoms with Crippen LogP contribution in [0.15, 0.2) is 54.6 Å². The van der Waals surface area contributed by atoms with Gasteiger partial charge in [0.25, 0.3) is 5.91 Å². The molecule has 2 aromatic carbocycles. The van der Waals surface area contributed by atoms with E-state index >= 15 is 0 Å². The maximum absolute atomic E-state index is 12.9. The fourth-order valence-electron chi connectivity index (χ4n) is 2.65. The molecule has 3 rings (SSSR count). The highest BCUT2D eigenvalue weighted by Gasteiger charge is 2.30. The van der Waals surface area contributed by atoms with E-state index in [-0.39, 0.29) is 17.2 Å². The second kappa shape index (κ2) is 7.81. The van der Waals surface area contributed by atoms with Crippen LogP contribution in [0.3, 0.4) is 0 Å². The lowest BCUT2D eigenvalue weighted by Crippen LogP contribution is -2.44. The van der Waals surface area contributed by atoms with Gasteiger partial charge in [-0.25, -0.2) is 4.79 Å². The molecule has 1 N–H and O–H groups in total. The van der Waals surface area contributed by atoms with Gasteiger partial charge in [0, 0.05) is 18.7 Å². The summed E-state index contributed by atoms with van der Waals surface area (Å²) in [4.78, 5) is 27.0. The molecule has 1 atom stereocenters. The van der Waals surface area contributed by atoms with Crippen molar-refractivity contribution in [2.75, 3.05) is 26.3 Å². The van der Waals surface area contributed by atoms with E-state index in [2.05, 4.69) is 0 Å². The van der Waals surface area contributed by atoms with Crippen molar-refractivity contribution in [3.05, 3.63) is 65.7 Å². The van der Waals surface area contributed by atoms with E-state index < -0.39 is 12.1 Å². The largest absolute Gasteiger partial charge is 0.508 e. The maximum atomic E-state index is 12.9. The number of hydrogen-bond donors (Lipinski definition) is 1. The summed E-state index contributed by atoms with van der Waals surface area (Å²) >= 11 is 0. The summed E-state index contributed by atoms with van der Waals surface area (Å²) in [5, 5.41) is 9.53. The van der Waals surface area contributed by atoms with Crippen molar-refractivity contribution in [2.24, 2.45) is 0 Å². The van der Waals surface area contributed by atoms with Crippen LogP contribution >= 0.6 is 0 Å². The fraction of sp³-hybridized carbons (Fsp3) is 0.263. The number of benzene rings is 2. The minimum absolute atomic E-state index is 0.0368. The molecule has 6 heteroatoms. The second-order valence-electron chi connectivity index (χ2n) is 5.68. The van der Waals surface area contributed by atoms with Gasteiger partial charge < -0.3 is 19.5 Å². The van der Waals surface area contributed by atoms with E-state index in [9.17, 15) is 14.7 Å². The van der Waals surface area contributed by atoms with Gasteiger partial charge in [0.1, 0.15) is 5.75 Å². The van der Waals surface area contributed by atoms with Crippen LogP contribution in [0, 0.1) is 0 Å². The second-order valence-corrected chi connectivity index (χ2v) is 5.68. The van der Waals surface area contributed by atoms with Crippen molar-refractivity contribution < 1.29 is 24.2 Å². The predicted octanol–water partition coefficient (Wildman–Crippen LogP) is 2.15. The Morgan fingerprint density at radius 3 is 2.44 bits per heavy atom. The van der Waals surface area contributed by atoms with Gasteiger partial charge in [-0.3, -0.25) is 4.79 Å². The number of hydrogen-bond acceptors (Lipinski definition) is 5. The molecule has 2 aromatic rings. The third kappa shape index (κ3) is 4.16. The summed E-state index contributed by atoms with van der Waals surface area (Å²) in [6.07, 6.45) is -1.03. The summed E-state index contributed by atoms with van der Waals surface area (Å²) in [5.74, 6) is -0.973. The highest BCUT2D eigenvalue weighted by molar-refractivity contribution is 5.93. The molecule has 0 saturated carbocycles. The standard InChI is InChI=1S/C19H19NO5/c21-16-8-4-7-15(13-16)19(23)25-17(14-5-2-1-3-6-14)18(22)20-9-11-24-12-10-20/h1-8,13,17,21H,9-12H2/t17-/m1/s1. The van der Waals surface area contributed by atoms with Crippen molar-refractivity contribution in [2.45, 2.75) is 6.10 Å². The summed E-state index contributed by atoms with van der Waals surface area (Å²) in [7, 11) is 0. The summed E-state index contributed by atoms with van der Waals surface area (Å²) in [5.41, 5.74) is 0.795. The lowest BCUT2D eigenvalue weighted by atomic mass is 10.1. The van der Waals surface area contributed by atoms with Crippen molar-refractivity contribution in [3.63, 3.8) is 0 Å². The van der Waals surface area contributed by atoms with Crippen molar-refractivity contribution in [3.8, 4) is 5.75 Å². The molecule has 0 aromatic heterocycles. The average Bonchev–Trinajstić information content (AvgIpc) is 2.67. The zero-order valence-corrected chi connectivity index (χ0v) is 13.6. The normalized spacial score (nSPS) is 15.4. The predicted molar refractivity (Wildman–Crippen MR) is 90.1 cm³/mol. The van der Waals surface area contributed by atoms with Gasteiger partial charge >= 0.3 is 5.97 Å². The van der Waals surface area contributed by atoms with Gasteiger partial charge in [0.15, 0.2) is 0 Å². The number of nitrogens with zero attached hydrogens (tertiary/aromatic N) is 1. The first kappa shape index (κ1) is 17.0. The minimum atomic E-state index is -1.03. The number of ether oxygens (including phenoxy) is 2. The van der Waals surface area contributed by atoms with Crippen molar-refractivity contribution >= 4 is 11.9 Å². The molecule has 0 spiro atoms. The number of amides is 1. The number of rotatable bonds is 4. The Morgan fingerprint density at radius 2 is 1.76 bits per heavy atom. The van der Waals surface area contributed by atoms with Gasteiger partial charge in [-0.2, -0.15) is 0 Å². The molecule has 25 heavy (non-hydrogen) atoms. The zero-order valence-electron chi connectivity index (χ0n) is 13.6. The van der Waals surface area contributed by atoms with Crippen LogP contribution < -0.4 is 0 Å². The Hall–Kier alpha value is -2.86. The average molecular weight is 341 g/mol. The number of aromatic hydroxyl groups is 1. The molecule has 0 bridgehead atoms. The fourth-order valence-corrected chi connectivity index (χ4v) is 2.65. The van der Waals surface area contributed by atoms with Gasteiger partial charge in [-0.05, 0) is 18.2 Å². The van der Waals surface area contributed by atoms with E-state index in [0.29, 0.717) is 31.9 Å². The summed E-state index contributed by atoms with van der Waals surface area (Å²) < 4.78 is 10.8. The number of carbonyl (C=O) groups excluding carboxylic acids is 2. The Morgan fingerprint density at radius 1 is 1.04 bits per heavy atom. The number of esters is 1. The third-order valence-corrected chi connectivity index (χ3v) is 3.96. The summed E-state index contributed by atoms with van der Waals surface area (Å²) in [6.45, 7) is 1.86. The maximum Gasteiger partial charge on any atom is 0.339 e. The Balaban J connectivity index is 1.83. The van der Waals surface area contributed by atoms with Crippen LogP contribution in [0.25, 0.3) is 0 Å². The summed E-state index contributed by atoms with van der Waals surface area (Å²) in [6, 6.07) is 14.8. The molecule has 6 nitrogen and oxygen atoms in total. The van der Waals surface area contributed by atoms with Crippen LogP contribution in [0.2, 0.25) is 0 Å². The lowest BCUT2D eigenvalue weighted by molar-refractivity contribution is -0.145. The van der Waals surface area contributed by atoms with Gasteiger partial charge in [-0.15, -0.1) is 0 Å². The van der Waals surface area contributed by atoms with E-state index in [0.717, 1.165) is 0 Å². The Bertz CT molecular complexity index is 740. The molecular weight excluding hydrogens is 322 g/mol. The Labute approximate surface area is 145 Å². The number of phenols is 1. The third-order valence-electron chi connectivity index (χ3n) is 3.96. The molecule has 1 heterocycles. The molecule has 1 fully saturated rings. The molecule has 0 aliphatic carbocycles. The van der Waals surface area contributed by atoms with Crippen LogP contribution in [0.4, 0.5) is 0 Å². The molecule has 1 aliphatic rings. The van der Waals surface area contributed by atoms with Crippen molar-refractivity contribution in [1.82, 2.24) is 4.90 Å². The van der Waals surface area contributed by atoms with Crippen LogP contribution in [0.5, 0.6) is 5.75 Å². The van der Waals surface area contributed by atoms with E-state index in [4.69, 9.17) is 9.47 Å². The smallest absolute Gasteiger partial charge is 0.339 e. The number of phenolic OH excluding ortho intramolecular Hbond substituents is 1. The molecule has 130 valence electrons. The van der Waals surface area contributed by atoms with Gasteiger partial charge in [0.05, 0.1) is 18.8 Å².